The van der Waals surface area contributed by atoms with E-state index in [1.54, 1.807) is 39.5 Å². The molecule has 9 heterocycles. The van der Waals surface area contributed by atoms with Gasteiger partial charge in [-0.05, 0) is 42.4 Å². The Morgan fingerprint density at radius 1 is 0.614 bits per heavy atom. The van der Waals surface area contributed by atoms with E-state index in [2.05, 4.69) is 101 Å². The molecule has 88 heavy (non-hydrogen) atoms. The lowest BCUT2D eigenvalue weighted by molar-refractivity contribution is -0.128. The Hall–Kier alpha value is -8.88. The minimum absolute atomic E-state index is 0.0104. The van der Waals surface area contributed by atoms with Crippen LogP contribution in [0.1, 0.15) is 130 Å². The van der Waals surface area contributed by atoms with Gasteiger partial charge in [0.25, 0.3) is 23.6 Å². The van der Waals surface area contributed by atoms with Gasteiger partial charge in [-0.15, -0.1) is 0 Å². The number of hydrogen-bond donors (Lipinski definition) is 7. The van der Waals surface area contributed by atoms with Crippen LogP contribution in [0.2, 0.25) is 0 Å². The van der Waals surface area contributed by atoms with E-state index in [1.807, 2.05) is 13.8 Å². The zero-order chi connectivity index (χ0) is 63.3. The maximum absolute atomic E-state index is 13.7. The molecule has 3 aliphatic heterocycles. The van der Waals surface area contributed by atoms with Crippen molar-refractivity contribution in [1.82, 2.24) is 75.5 Å². The van der Waals surface area contributed by atoms with Crippen molar-refractivity contribution in [3.8, 4) is 17.6 Å². The first-order chi connectivity index (χ1) is 41.9. The van der Waals surface area contributed by atoms with E-state index in [1.165, 1.54) is 30.6 Å². The number of alkyl halides is 2. The van der Waals surface area contributed by atoms with Gasteiger partial charge in [-0.1, -0.05) is 54.4 Å². The minimum atomic E-state index is -2.94. The summed E-state index contributed by atoms with van der Waals surface area (Å²) >= 11 is 0. The second kappa shape index (κ2) is 28.8. The Morgan fingerprint density at radius 3 is 1.30 bits per heavy atom. The van der Waals surface area contributed by atoms with Crippen LogP contribution in [0.4, 0.5) is 8.78 Å². The second-order valence-electron chi connectivity index (χ2n) is 24.0. The van der Waals surface area contributed by atoms with E-state index < -0.39 is 23.9 Å². The van der Waals surface area contributed by atoms with Gasteiger partial charge in [-0.25, -0.2) is 38.7 Å². The fourth-order valence-corrected chi connectivity index (χ4v) is 10.5. The predicted octanol–water partition coefficient (Wildman–Crippen LogP) is 6.37. The van der Waals surface area contributed by atoms with Crippen LogP contribution in [0.5, 0.6) is 17.6 Å². The molecule has 472 valence electrons. The average Bonchev–Trinajstić information content (AvgIpc) is 3.96. The first-order valence-corrected chi connectivity index (χ1v) is 29.6. The number of carbonyl (C=O) groups is 6. The molecule has 6 aromatic rings. The molecule has 0 aromatic carbocycles. The normalized spacial score (nSPS) is 18.3. The molecule has 1 atom stereocenters. The third kappa shape index (κ3) is 17.4. The quantitative estimate of drug-likeness (QED) is 0.0488. The number of hydrogen-bond acceptors (Lipinski definition) is 16. The Labute approximate surface area is 508 Å². The van der Waals surface area contributed by atoms with Crippen molar-refractivity contribution in [3.05, 3.63) is 91.8 Å². The zero-order valence-electron chi connectivity index (χ0n) is 50.5. The van der Waals surface area contributed by atoms with Gasteiger partial charge in [-0.3, -0.25) is 28.8 Å². The molecule has 7 N–H and O–H groups in total. The highest BCUT2D eigenvalue weighted by Gasteiger charge is 2.45. The topological polar surface area (TPSA) is 321 Å². The molecule has 10 rings (SSSR count). The molecule has 1 aliphatic carbocycles. The molecular weight excluding hydrogens is 1140 g/mol. The van der Waals surface area contributed by atoms with Gasteiger partial charge in [0.1, 0.15) is 34.9 Å². The van der Waals surface area contributed by atoms with Crippen LogP contribution in [0.25, 0.3) is 33.5 Å². The smallest absolute Gasteiger partial charge is 0.255 e. The van der Waals surface area contributed by atoms with Crippen molar-refractivity contribution in [1.29, 1.82) is 0 Å². The minimum Gasteiger partial charge on any atom is -0.473 e. The summed E-state index contributed by atoms with van der Waals surface area (Å²) in [7, 11) is 0. The summed E-state index contributed by atoms with van der Waals surface area (Å²) in [6.45, 7) is 25.2. The van der Waals surface area contributed by atoms with Gasteiger partial charge in [0.15, 0.2) is 16.9 Å². The van der Waals surface area contributed by atoms with E-state index >= 15 is 0 Å². The van der Waals surface area contributed by atoms with E-state index in [4.69, 9.17) is 14.2 Å². The molecule has 3 saturated heterocycles. The number of aromatic nitrogens is 9. The van der Waals surface area contributed by atoms with Crippen molar-refractivity contribution >= 4 is 68.9 Å². The van der Waals surface area contributed by atoms with Crippen LogP contribution in [-0.4, -0.2) is 189 Å². The maximum atomic E-state index is 13.7. The summed E-state index contributed by atoms with van der Waals surface area (Å²) in [6.07, 6.45) is 16.5. The second-order valence-corrected chi connectivity index (χ2v) is 24.0. The maximum Gasteiger partial charge on any atom is 0.255 e. The summed E-state index contributed by atoms with van der Waals surface area (Å²) in [6, 6.07) is 0. The van der Waals surface area contributed by atoms with Gasteiger partial charge in [0.2, 0.25) is 35.4 Å². The lowest BCUT2D eigenvalue weighted by Gasteiger charge is -2.36. The summed E-state index contributed by atoms with van der Waals surface area (Å²) in [5, 5.41) is 18.8. The van der Waals surface area contributed by atoms with Crippen LogP contribution in [-0.2, 0) is 14.4 Å². The Morgan fingerprint density at radius 2 is 0.966 bits per heavy atom. The van der Waals surface area contributed by atoms with Crippen molar-refractivity contribution < 1.29 is 56.9 Å². The fourth-order valence-electron chi connectivity index (χ4n) is 10.5. The van der Waals surface area contributed by atoms with Crippen LogP contribution < -0.4 is 30.2 Å². The van der Waals surface area contributed by atoms with E-state index in [0.29, 0.717) is 148 Å². The van der Waals surface area contributed by atoms with E-state index in [0.717, 1.165) is 0 Å². The molecule has 4 aliphatic rings. The monoisotopic (exact) mass is 1220 g/mol. The number of aliphatic hydroxyl groups is 1. The van der Waals surface area contributed by atoms with Crippen LogP contribution in [0, 0.1) is 11.3 Å². The first kappa shape index (κ1) is 65.1. The Bertz CT molecular complexity index is 3480. The molecule has 0 radical (unpaired) electrons. The van der Waals surface area contributed by atoms with Crippen molar-refractivity contribution in [2.75, 3.05) is 58.9 Å². The zero-order valence-corrected chi connectivity index (χ0v) is 50.5. The van der Waals surface area contributed by atoms with E-state index in [9.17, 15) is 42.7 Å². The number of nitrogens with one attached hydrogen (secondary N) is 6. The van der Waals surface area contributed by atoms with Gasteiger partial charge in [0, 0.05) is 129 Å². The SMILES string of the molecule is C=CC(=O)N1CCC(Oc2cnc3[nH]cc(C(=O)NCC(C)(C)C)c3n2)CC1.C=CC(=O)N1CCC(Oc2cnc3[nH]cc(C(=O)NCC(C)C)c3n2)CC1.C=CC(=O)N1CCC(Oc2cnc3[nH]cc(C(=O)NCC4(O)CCCC(F)(F)C4)c3n2)CC1. The summed E-state index contributed by atoms with van der Waals surface area (Å²) < 4.78 is 45.2. The molecule has 1 unspecified atom stereocenters. The number of aromatic amines is 3. The highest BCUT2D eigenvalue weighted by molar-refractivity contribution is 6.06. The molecule has 6 aromatic heterocycles. The molecule has 0 bridgehead atoms. The molecule has 6 amide bonds. The number of rotatable bonds is 17. The number of piperidine rings is 3. The molecule has 1 saturated carbocycles. The van der Waals surface area contributed by atoms with E-state index in [-0.39, 0.29) is 96.0 Å². The number of fused-ring (bicyclic) bond motifs is 3. The predicted molar refractivity (Wildman–Crippen MR) is 323 cm³/mol. The lowest BCUT2D eigenvalue weighted by atomic mass is 9.82. The summed E-state index contributed by atoms with van der Waals surface area (Å²) in [4.78, 5) is 113. The third-order valence-electron chi connectivity index (χ3n) is 15.3. The lowest BCUT2D eigenvalue weighted by Crippen LogP contribution is -2.49. The number of ether oxygens (including phenoxy) is 3. The number of amides is 6. The van der Waals surface area contributed by atoms with Gasteiger partial charge in [0.05, 0.1) is 40.9 Å². The molecular formula is C61H79F2N15O10. The highest BCUT2D eigenvalue weighted by atomic mass is 19.3. The number of halogens is 2. The number of H-pyrrole nitrogens is 3. The van der Waals surface area contributed by atoms with Gasteiger partial charge in [-0.2, -0.15) is 0 Å². The molecule has 25 nitrogen and oxygen atoms in total. The Kier molecular flexibility index (Phi) is 21.3. The van der Waals surface area contributed by atoms with Gasteiger partial charge >= 0.3 is 0 Å². The standard InChI is InChI=1S/C22H27F2N5O4.C20H27N5O3.C19H25N5O3/c1-2-17(30)29-8-4-14(5-9-29)33-16-11-26-19-18(28-16)15(10-25-19)20(31)27-13-21(32)6-3-7-22(23,24)12-21;1-5-16(26)25-8-6-13(7-9-25)28-15-11-22-18-17(24-15)14(10-21-18)19(27)23-12-20(2,3)4;1-4-16(25)24-7-5-13(6-8-24)27-15-11-21-18-17(23-15)14(10-20-18)19(26)22-9-12(2)3/h2,10-11,14,32H,1,3-9,12-13H2,(H,25,26)(H,27,31);5,10-11,13H,1,6-9,12H2,2-4H3,(H,21,22)(H,23,27);4,10-13H,1,5-9H2,2-3H3,(H,20,21)(H,22,26). The van der Waals surface area contributed by atoms with Gasteiger partial charge < -0.3 is 64.9 Å². The van der Waals surface area contributed by atoms with Crippen LogP contribution in [0.3, 0.4) is 0 Å². The van der Waals surface area contributed by atoms with Crippen molar-refractivity contribution in [3.63, 3.8) is 0 Å². The van der Waals surface area contributed by atoms with Crippen LogP contribution in [0.15, 0.2) is 75.1 Å². The van der Waals surface area contributed by atoms with Crippen LogP contribution >= 0.6 is 0 Å². The molecule has 0 spiro atoms. The molecule has 4 fully saturated rings. The number of carbonyl (C=O) groups excluding carboxylic acids is 6. The van der Waals surface area contributed by atoms with Crippen molar-refractivity contribution in [2.24, 2.45) is 11.3 Å². The third-order valence-corrected chi connectivity index (χ3v) is 15.3. The number of nitrogens with zero attached hydrogens (tertiary/aromatic N) is 9. The first-order valence-electron chi connectivity index (χ1n) is 29.6. The summed E-state index contributed by atoms with van der Waals surface area (Å²) in [5.74, 6) is -2.72. The number of likely N-dealkylation sites (tertiary alicyclic amines) is 3. The summed E-state index contributed by atoms with van der Waals surface area (Å²) in [5.41, 5.74) is 2.15. The largest absolute Gasteiger partial charge is 0.473 e. The Balaban J connectivity index is 0.000000172. The highest BCUT2D eigenvalue weighted by Crippen LogP contribution is 2.39. The fraction of sp³-hybridized carbons (Fsp3) is 0.508. The average molecular weight is 1220 g/mol. The molecule has 27 heteroatoms. The van der Waals surface area contributed by atoms with Crippen molar-refractivity contribution in [2.45, 2.75) is 129 Å².